The van der Waals surface area contributed by atoms with Crippen molar-refractivity contribution in [1.29, 1.82) is 0 Å². The maximum atomic E-state index is 12.8. The minimum absolute atomic E-state index is 0.0131. The number of carbonyl (C=O) groups is 1. The average Bonchev–Trinajstić information content (AvgIpc) is 2.93. The van der Waals surface area contributed by atoms with Crippen molar-refractivity contribution >= 4 is 43.0 Å². The van der Waals surface area contributed by atoms with Crippen LogP contribution >= 0.6 is 0 Å². The van der Waals surface area contributed by atoms with Gasteiger partial charge in [0.15, 0.2) is 11.5 Å². The molecule has 3 aromatic carbocycles. The number of anilines is 3. The van der Waals surface area contributed by atoms with E-state index in [1.165, 1.54) is 37.3 Å². The zero-order valence-corrected chi connectivity index (χ0v) is 23.0. The maximum absolute atomic E-state index is 12.8. The molecule has 0 unspecified atom stereocenters. The Balaban J connectivity index is 1.44. The second-order valence-electron chi connectivity index (χ2n) is 8.37. The molecule has 39 heavy (non-hydrogen) atoms. The second kappa shape index (κ2) is 11.8. The van der Waals surface area contributed by atoms with Crippen molar-refractivity contribution < 1.29 is 35.8 Å². The molecule has 1 aliphatic heterocycles. The van der Waals surface area contributed by atoms with Gasteiger partial charge in [-0.3, -0.25) is 13.8 Å². The van der Waals surface area contributed by atoms with Crippen molar-refractivity contribution in [1.82, 2.24) is 0 Å². The third-order valence-electron chi connectivity index (χ3n) is 5.67. The highest BCUT2D eigenvalue weighted by Crippen LogP contribution is 2.35. The number of benzene rings is 3. The topological polar surface area (TPSA) is 140 Å². The highest BCUT2D eigenvalue weighted by molar-refractivity contribution is 7.93. The molecule has 0 fully saturated rings. The summed E-state index contributed by atoms with van der Waals surface area (Å²) in [6, 6.07) is 16.7. The van der Waals surface area contributed by atoms with Crippen LogP contribution in [0.4, 0.5) is 17.1 Å². The zero-order valence-electron chi connectivity index (χ0n) is 21.4. The smallest absolute Gasteiger partial charge is 0.261 e. The lowest BCUT2D eigenvalue weighted by Crippen LogP contribution is -2.39. The quantitative estimate of drug-likeness (QED) is 0.354. The van der Waals surface area contributed by atoms with Crippen LogP contribution in [-0.2, 0) is 24.8 Å². The Bertz CT molecular complexity index is 1520. The lowest BCUT2D eigenvalue weighted by molar-refractivity contribution is -0.114. The maximum Gasteiger partial charge on any atom is 0.261 e. The number of rotatable bonds is 11. The van der Waals surface area contributed by atoms with Gasteiger partial charge in [-0.15, -0.1) is 0 Å². The number of hydrogen-bond acceptors (Lipinski definition) is 8. The standard InChI is InChI=1S/C26H29N3O8S2/c1-3-35-22-10-5-20(6-11-22)28-39(33,34)23-12-7-19(8-13-23)27-26(30)18-29(38(31,32)4-2)21-9-14-24-25(17-21)37-16-15-36-24/h5-14,17,28H,3-4,15-16,18H2,1-2H3,(H,27,30). The van der Waals surface area contributed by atoms with E-state index in [-0.39, 0.29) is 16.3 Å². The van der Waals surface area contributed by atoms with E-state index in [0.717, 1.165) is 4.31 Å². The van der Waals surface area contributed by atoms with Gasteiger partial charge >= 0.3 is 0 Å². The normalized spacial score (nSPS) is 12.9. The molecule has 0 atom stereocenters. The van der Waals surface area contributed by atoms with Crippen molar-refractivity contribution in [2.45, 2.75) is 18.7 Å². The molecule has 11 nitrogen and oxygen atoms in total. The van der Waals surface area contributed by atoms with Gasteiger partial charge in [0.1, 0.15) is 25.5 Å². The van der Waals surface area contributed by atoms with Crippen LogP contribution in [0.1, 0.15) is 13.8 Å². The third kappa shape index (κ3) is 6.92. The Labute approximate surface area is 227 Å². The van der Waals surface area contributed by atoms with Crippen LogP contribution < -0.4 is 28.6 Å². The van der Waals surface area contributed by atoms with Crippen LogP contribution in [0.25, 0.3) is 0 Å². The first kappa shape index (κ1) is 28.0. The number of carbonyl (C=O) groups excluding carboxylic acids is 1. The van der Waals surface area contributed by atoms with Crippen LogP contribution in [0.5, 0.6) is 17.2 Å². The Morgan fingerprint density at radius 1 is 0.872 bits per heavy atom. The summed E-state index contributed by atoms with van der Waals surface area (Å²) in [5.74, 6) is 0.689. The van der Waals surface area contributed by atoms with Gasteiger partial charge in [0.2, 0.25) is 15.9 Å². The molecular formula is C26H29N3O8S2. The van der Waals surface area contributed by atoms with Crippen molar-refractivity contribution in [3.8, 4) is 17.2 Å². The molecule has 208 valence electrons. The van der Waals surface area contributed by atoms with Crippen LogP contribution in [0, 0.1) is 0 Å². The number of fused-ring (bicyclic) bond motifs is 1. The fraction of sp³-hybridized carbons (Fsp3) is 0.269. The van der Waals surface area contributed by atoms with E-state index in [4.69, 9.17) is 14.2 Å². The first-order chi connectivity index (χ1) is 18.6. The van der Waals surface area contributed by atoms with Gasteiger partial charge in [-0.1, -0.05) is 0 Å². The van der Waals surface area contributed by atoms with E-state index in [1.54, 1.807) is 36.4 Å². The Hall–Kier alpha value is -3.97. The van der Waals surface area contributed by atoms with E-state index in [9.17, 15) is 21.6 Å². The van der Waals surface area contributed by atoms with Crippen LogP contribution in [0.3, 0.4) is 0 Å². The van der Waals surface area contributed by atoms with Crippen molar-refractivity contribution in [3.05, 3.63) is 66.7 Å². The van der Waals surface area contributed by atoms with Gasteiger partial charge in [0, 0.05) is 17.4 Å². The van der Waals surface area contributed by atoms with Crippen LogP contribution in [0.15, 0.2) is 71.6 Å². The number of hydrogen-bond donors (Lipinski definition) is 2. The molecule has 0 saturated carbocycles. The molecule has 1 amide bonds. The summed E-state index contributed by atoms with van der Waals surface area (Å²) < 4.78 is 71.0. The summed E-state index contributed by atoms with van der Waals surface area (Å²) in [7, 11) is -7.69. The fourth-order valence-corrected chi connectivity index (χ4v) is 5.86. The number of amides is 1. The molecule has 4 rings (SSSR count). The molecule has 2 N–H and O–H groups in total. The summed E-state index contributed by atoms with van der Waals surface area (Å²) in [6.45, 7) is 4.07. The van der Waals surface area contributed by atoms with Crippen molar-refractivity contribution in [2.75, 3.05) is 46.5 Å². The first-order valence-electron chi connectivity index (χ1n) is 12.2. The Morgan fingerprint density at radius 2 is 1.51 bits per heavy atom. The number of nitrogens with one attached hydrogen (secondary N) is 2. The Kier molecular flexibility index (Phi) is 8.51. The minimum Gasteiger partial charge on any atom is -0.494 e. The van der Waals surface area contributed by atoms with Crippen molar-refractivity contribution in [2.24, 2.45) is 0 Å². The van der Waals surface area contributed by atoms with E-state index in [2.05, 4.69) is 10.0 Å². The van der Waals surface area contributed by atoms with Gasteiger partial charge in [-0.05, 0) is 74.5 Å². The summed E-state index contributed by atoms with van der Waals surface area (Å²) >= 11 is 0. The molecule has 1 aliphatic rings. The van der Waals surface area contributed by atoms with Gasteiger partial charge in [0.05, 0.1) is 22.9 Å². The SMILES string of the molecule is CCOc1ccc(NS(=O)(=O)c2ccc(NC(=O)CN(c3ccc4c(c3)OCCO4)S(=O)(=O)CC)cc2)cc1. The third-order valence-corrected chi connectivity index (χ3v) is 8.81. The van der Waals surface area contributed by atoms with Gasteiger partial charge in [0.25, 0.3) is 10.0 Å². The number of ether oxygens (including phenoxy) is 3. The monoisotopic (exact) mass is 575 g/mol. The summed E-state index contributed by atoms with van der Waals surface area (Å²) in [6.07, 6.45) is 0. The van der Waals surface area contributed by atoms with Crippen LogP contribution in [0.2, 0.25) is 0 Å². The molecule has 3 aromatic rings. The van der Waals surface area contributed by atoms with E-state index >= 15 is 0 Å². The van der Waals surface area contributed by atoms with Crippen molar-refractivity contribution in [3.63, 3.8) is 0 Å². The summed E-state index contributed by atoms with van der Waals surface area (Å²) in [4.78, 5) is 12.8. The predicted molar refractivity (Wildman–Crippen MR) is 148 cm³/mol. The highest BCUT2D eigenvalue weighted by Gasteiger charge is 2.25. The van der Waals surface area contributed by atoms with E-state index in [0.29, 0.717) is 48.4 Å². The first-order valence-corrected chi connectivity index (χ1v) is 15.3. The second-order valence-corrected chi connectivity index (χ2v) is 12.2. The largest absolute Gasteiger partial charge is 0.494 e. The number of nitrogens with zero attached hydrogens (tertiary/aromatic N) is 1. The molecule has 0 bridgehead atoms. The van der Waals surface area contributed by atoms with Gasteiger partial charge < -0.3 is 19.5 Å². The lowest BCUT2D eigenvalue weighted by atomic mass is 10.2. The number of sulfonamides is 2. The Morgan fingerprint density at radius 3 is 2.15 bits per heavy atom. The molecule has 0 radical (unpaired) electrons. The average molecular weight is 576 g/mol. The lowest BCUT2D eigenvalue weighted by Gasteiger charge is -2.25. The molecule has 0 aliphatic carbocycles. The minimum atomic E-state index is -3.88. The van der Waals surface area contributed by atoms with Gasteiger partial charge in [-0.2, -0.15) is 0 Å². The van der Waals surface area contributed by atoms with Gasteiger partial charge in [-0.25, -0.2) is 16.8 Å². The molecular weight excluding hydrogens is 546 g/mol. The molecule has 0 saturated heterocycles. The summed E-state index contributed by atoms with van der Waals surface area (Å²) in [5.41, 5.74) is 0.932. The zero-order chi connectivity index (χ0) is 28.0. The molecule has 13 heteroatoms. The van der Waals surface area contributed by atoms with Crippen LogP contribution in [-0.4, -0.2) is 54.9 Å². The highest BCUT2D eigenvalue weighted by atomic mass is 32.2. The molecule has 0 spiro atoms. The molecule has 1 heterocycles. The fourth-order valence-electron chi connectivity index (χ4n) is 3.74. The van der Waals surface area contributed by atoms with E-state index in [1.807, 2.05) is 6.92 Å². The molecule has 0 aromatic heterocycles. The predicted octanol–water partition coefficient (Wildman–Crippen LogP) is 3.45. The van der Waals surface area contributed by atoms with E-state index < -0.39 is 32.5 Å². The summed E-state index contributed by atoms with van der Waals surface area (Å²) in [5, 5.41) is 2.62.